The van der Waals surface area contributed by atoms with Gasteiger partial charge in [-0.15, -0.1) is 0 Å². The Morgan fingerprint density at radius 3 is 2.35 bits per heavy atom. The number of rotatable bonds is 6. The lowest BCUT2D eigenvalue weighted by molar-refractivity contribution is -0.116. The van der Waals surface area contributed by atoms with Gasteiger partial charge in [-0.1, -0.05) is 12.1 Å². The van der Waals surface area contributed by atoms with Crippen LogP contribution in [0.2, 0.25) is 0 Å². The molecule has 1 amide bonds. The molecule has 2 aromatic carbocycles. The molecule has 3 rings (SSSR count). The molecule has 0 aliphatic rings. The molecule has 0 bridgehead atoms. The van der Waals surface area contributed by atoms with Crippen molar-refractivity contribution in [3.8, 4) is 17.2 Å². The van der Waals surface area contributed by atoms with Crippen molar-refractivity contribution in [1.82, 2.24) is 4.57 Å². The third kappa shape index (κ3) is 3.21. The Hall–Kier alpha value is -3.42. The van der Waals surface area contributed by atoms with Crippen LogP contribution in [0.4, 0.5) is 5.69 Å². The first-order valence-corrected chi connectivity index (χ1v) is 7.75. The van der Waals surface area contributed by atoms with E-state index in [2.05, 4.69) is 5.32 Å². The quantitative estimate of drug-likeness (QED) is 0.727. The van der Waals surface area contributed by atoms with Gasteiger partial charge in [-0.2, -0.15) is 0 Å². The van der Waals surface area contributed by atoms with E-state index in [1.54, 1.807) is 36.4 Å². The number of oxazole rings is 1. The number of fused-ring (bicyclic) bond motifs is 1. The molecular weight excluding hydrogens is 340 g/mol. The summed E-state index contributed by atoms with van der Waals surface area (Å²) >= 11 is 0. The fourth-order valence-corrected chi connectivity index (χ4v) is 2.66. The smallest absolute Gasteiger partial charge is 0.420 e. The van der Waals surface area contributed by atoms with E-state index in [4.69, 9.17) is 18.6 Å². The van der Waals surface area contributed by atoms with Gasteiger partial charge in [0.15, 0.2) is 17.1 Å². The summed E-state index contributed by atoms with van der Waals surface area (Å²) < 4.78 is 22.2. The van der Waals surface area contributed by atoms with Crippen molar-refractivity contribution in [3.05, 3.63) is 46.9 Å². The van der Waals surface area contributed by atoms with E-state index in [1.807, 2.05) is 0 Å². The number of hydrogen-bond donors (Lipinski definition) is 1. The summed E-state index contributed by atoms with van der Waals surface area (Å²) in [7, 11) is 4.47. The second-order valence-corrected chi connectivity index (χ2v) is 5.38. The molecule has 0 atom stereocenters. The lowest BCUT2D eigenvalue weighted by Gasteiger charge is -2.14. The number of para-hydroxylation sites is 2. The van der Waals surface area contributed by atoms with Crippen LogP contribution in [0.1, 0.15) is 0 Å². The Morgan fingerprint density at radius 1 is 1.08 bits per heavy atom. The molecule has 0 saturated carbocycles. The number of carbonyl (C=O) groups excluding carboxylic acids is 1. The third-order valence-corrected chi connectivity index (χ3v) is 3.82. The van der Waals surface area contributed by atoms with Crippen LogP contribution in [-0.4, -0.2) is 31.8 Å². The van der Waals surface area contributed by atoms with Crippen LogP contribution in [0.25, 0.3) is 11.1 Å². The maximum Gasteiger partial charge on any atom is 0.420 e. The van der Waals surface area contributed by atoms with Gasteiger partial charge < -0.3 is 23.9 Å². The lowest BCUT2D eigenvalue weighted by Crippen LogP contribution is -2.24. The maximum atomic E-state index is 12.4. The largest absolute Gasteiger partial charge is 0.493 e. The molecule has 0 aliphatic carbocycles. The van der Waals surface area contributed by atoms with E-state index in [0.717, 1.165) is 0 Å². The number of aromatic nitrogens is 1. The highest BCUT2D eigenvalue weighted by molar-refractivity contribution is 5.92. The summed E-state index contributed by atoms with van der Waals surface area (Å²) in [5.74, 6) is 0.255. The molecule has 136 valence electrons. The number of amides is 1. The summed E-state index contributed by atoms with van der Waals surface area (Å²) in [6, 6.07) is 10.1. The molecule has 8 heteroatoms. The third-order valence-electron chi connectivity index (χ3n) is 3.82. The van der Waals surface area contributed by atoms with Crippen LogP contribution >= 0.6 is 0 Å². The van der Waals surface area contributed by atoms with E-state index in [-0.39, 0.29) is 6.54 Å². The van der Waals surface area contributed by atoms with Crippen molar-refractivity contribution in [1.29, 1.82) is 0 Å². The minimum Gasteiger partial charge on any atom is -0.493 e. The molecule has 0 unspecified atom stereocenters. The monoisotopic (exact) mass is 358 g/mol. The zero-order chi connectivity index (χ0) is 18.7. The van der Waals surface area contributed by atoms with Crippen LogP contribution in [0.3, 0.4) is 0 Å². The molecule has 0 saturated heterocycles. The molecule has 0 spiro atoms. The summed E-state index contributed by atoms with van der Waals surface area (Å²) in [4.78, 5) is 24.4. The van der Waals surface area contributed by atoms with E-state index in [9.17, 15) is 9.59 Å². The highest BCUT2D eigenvalue weighted by Crippen LogP contribution is 2.39. The van der Waals surface area contributed by atoms with Crippen LogP contribution in [0, 0.1) is 0 Å². The lowest BCUT2D eigenvalue weighted by atomic mass is 10.2. The van der Waals surface area contributed by atoms with Crippen molar-refractivity contribution in [2.75, 3.05) is 26.6 Å². The summed E-state index contributed by atoms with van der Waals surface area (Å²) in [6.07, 6.45) is 0. The van der Waals surface area contributed by atoms with Gasteiger partial charge in [-0.3, -0.25) is 9.36 Å². The summed E-state index contributed by atoms with van der Waals surface area (Å²) in [5.41, 5.74) is 1.43. The molecule has 1 N–H and O–H groups in total. The van der Waals surface area contributed by atoms with E-state index in [1.165, 1.54) is 25.9 Å². The topological polar surface area (TPSA) is 91.9 Å². The molecule has 26 heavy (non-hydrogen) atoms. The highest BCUT2D eigenvalue weighted by atomic mass is 16.5. The van der Waals surface area contributed by atoms with Crippen LogP contribution < -0.4 is 25.3 Å². The standard InChI is InChI=1S/C18H18N2O6/c1-23-14-8-11(9-15(24-2)17(14)25-3)19-16(21)10-20-12-6-4-5-7-13(12)26-18(20)22/h4-9H,10H2,1-3H3,(H,19,21). The molecule has 0 radical (unpaired) electrons. The number of anilines is 1. The number of nitrogens with one attached hydrogen (secondary N) is 1. The minimum atomic E-state index is -0.591. The van der Waals surface area contributed by atoms with Gasteiger partial charge in [-0.25, -0.2) is 4.79 Å². The number of ether oxygens (including phenoxy) is 3. The second-order valence-electron chi connectivity index (χ2n) is 5.38. The molecule has 8 nitrogen and oxygen atoms in total. The van der Waals surface area contributed by atoms with Gasteiger partial charge in [0.05, 0.1) is 26.8 Å². The van der Waals surface area contributed by atoms with Crippen molar-refractivity contribution in [3.63, 3.8) is 0 Å². The van der Waals surface area contributed by atoms with E-state index >= 15 is 0 Å². The normalized spacial score (nSPS) is 10.6. The SMILES string of the molecule is COc1cc(NC(=O)Cn2c(=O)oc3ccccc32)cc(OC)c1OC. The van der Waals surface area contributed by atoms with Gasteiger partial charge in [0, 0.05) is 17.8 Å². The van der Waals surface area contributed by atoms with Gasteiger partial charge in [0.1, 0.15) is 6.54 Å². The Morgan fingerprint density at radius 2 is 1.73 bits per heavy atom. The zero-order valence-corrected chi connectivity index (χ0v) is 14.6. The van der Waals surface area contributed by atoms with Gasteiger partial charge in [0.25, 0.3) is 0 Å². The first kappa shape index (κ1) is 17.4. The predicted octanol–water partition coefficient (Wildman–Crippen LogP) is 2.26. The van der Waals surface area contributed by atoms with Crippen molar-refractivity contribution < 1.29 is 23.4 Å². The Bertz CT molecular complexity index is 979. The minimum absolute atomic E-state index is 0.188. The number of carbonyl (C=O) groups is 1. The first-order valence-electron chi connectivity index (χ1n) is 7.75. The van der Waals surface area contributed by atoms with E-state index in [0.29, 0.717) is 34.0 Å². The summed E-state index contributed by atoms with van der Waals surface area (Å²) in [6.45, 7) is -0.188. The van der Waals surface area contributed by atoms with Crippen molar-refractivity contribution in [2.45, 2.75) is 6.54 Å². The van der Waals surface area contributed by atoms with Crippen LogP contribution in [-0.2, 0) is 11.3 Å². The van der Waals surface area contributed by atoms with Crippen LogP contribution in [0.15, 0.2) is 45.6 Å². The Balaban J connectivity index is 1.86. The van der Waals surface area contributed by atoms with Gasteiger partial charge in [-0.05, 0) is 12.1 Å². The van der Waals surface area contributed by atoms with E-state index < -0.39 is 11.7 Å². The number of hydrogen-bond acceptors (Lipinski definition) is 6. The molecule has 1 heterocycles. The fraction of sp³-hybridized carbons (Fsp3) is 0.222. The van der Waals surface area contributed by atoms with Crippen molar-refractivity contribution in [2.24, 2.45) is 0 Å². The Kier molecular flexibility index (Phi) is 4.83. The molecule has 1 aromatic heterocycles. The molecule has 3 aromatic rings. The molecule has 0 aliphatic heterocycles. The number of methoxy groups -OCH3 is 3. The molecular formula is C18H18N2O6. The zero-order valence-electron chi connectivity index (χ0n) is 14.6. The average Bonchev–Trinajstić information content (AvgIpc) is 2.96. The maximum absolute atomic E-state index is 12.4. The number of nitrogens with zero attached hydrogens (tertiary/aromatic N) is 1. The second kappa shape index (κ2) is 7.22. The van der Waals surface area contributed by atoms with Gasteiger partial charge in [0.2, 0.25) is 11.7 Å². The van der Waals surface area contributed by atoms with Gasteiger partial charge >= 0.3 is 5.76 Å². The highest BCUT2D eigenvalue weighted by Gasteiger charge is 2.16. The number of benzene rings is 2. The fourth-order valence-electron chi connectivity index (χ4n) is 2.66. The summed E-state index contributed by atoms with van der Waals surface area (Å²) in [5, 5.41) is 2.72. The first-order chi connectivity index (χ1) is 12.6. The molecule has 0 fully saturated rings. The Labute approximate surface area is 148 Å². The van der Waals surface area contributed by atoms with Crippen molar-refractivity contribution >= 4 is 22.7 Å². The van der Waals surface area contributed by atoms with Crippen LogP contribution in [0.5, 0.6) is 17.2 Å². The predicted molar refractivity (Wildman–Crippen MR) is 95.2 cm³/mol. The average molecular weight is 358 g/mol.